The van der Waals surface area contributed by atoms with Crippen molar-refractivity contribution in [3.8, 4) is 11.4 Å². The highest BCUT2D eigenvalue weighted by atomic mass is 32.1. The van der Waals surface area contributed by atoms with Crippen molar-refractivity contribution in [1.29, 1.82) is 0 Å². The Balaban J connectivity index is 1.74. The van der Waals surface area contributed by atoms with Crippen molar-refractivity contribution in [1.82, 2.24) is 9.88 Å². The zero-order valence-corrected chi connectivity index (χ0v) is 17.5. The monoisotopic (exact) mass is 448 g/mol. The van der Waals surface area contributed by atoms with Gasteiger partial charge >= 0.3 is 0 Å². The van der Waals surface area contributed by atoms with Crippen molar-refractivity contribution in [2.45, 2.75) is 0 Å². The van der Waals surface area contributed by atoms with Gasteiger partial charge in [0.15, 0.2) is 5.11 Å². The highest BCUT2D eigenvalue weighted by Crippen LogP contribution is 2.31. The molecule has 0 spiro atoms. The molecule has 2 amide bonds. The van der Waals surface area contributed by atoms with Gasteiger partial charge in [0.2, 0.25) is 0 Å². The Morgan fingerprint density at radius 3 is 2.47 bits per heavy atom. The molecule has 160 valence electrons. The number of rotatable bonds is 5. The molecule has 1 aliphatic rings. The lowest BCUT2D eigenvalue weighted by Crippen LogP contribution is -2.54. The number of nitrogens with zero attached hydrogens (tertiary/aromatic N) is 3. The van der Waals surface area contributed by atoms with Gasteiger partial charge in [-0.2, -0.15) is 0 Å². The second kappa shape index (κ2) is 8.44. The fourth-order valence-electron chi connectivity index (χ4n) is 3.32. The first-order chi connectivity index (χ1) is 15.4. The number of aromatic nitrogens is 1. The molecule has 1 aromatic heterocycles. The summed E-state index contributed by atoms with van der Waals surface area (Å²) in [5.41, 5.74) is 1.41. The minimum atomic E-state index is -0.623. The maximum Gasteiger partial charge on any atom is 0.270 e. The summed E-state index contributed by atoms with van der Waals surface area (Å²) in [5, 5.41) is 13.4. The van der Waals surface area contributed by atoms with Crippen molar-refractivity contribution >= 4 is 46.6 Å². The molecule has 1 N–H and O–H groups in total. The maximum atomic E-state index is 13.3. The largest absolute Gasteiger partial charge is 0.495 e. The zero-order chi connectivity index (χ0) is 22.8. The first-order valence-corrected chi connectivity index (χ1v) is 9.78. The van der Waals surface area contributed by atoms with Crippen LogP contribution in [0.3, 0.4) is 0 Å². The molecule has 0 radical (unpaired) electrons. The Hall–Kier alpha value is -4.31. The van der Waals surface area contributed by atoms with E-state index in [1.807, 2.05) is 0 Å². The lowest BCUT2D eigenvalue weighted by Gasteiger charge is -2.29. The zero-order valence-electron chi connectivity index (χ0n) is 16.7. The Morgan fingerprint density at radius 1 is 1.06 bits per heavy atom. The summed E-state index contributed by atoms with van der Waals surface area (Å²) in [4.78, 5) is 37.5. The molecule has 2 heterocycles. The lowest BCUT2D eigenvalue weighted by atomic mass is 10.1. The minimum absolute atomic E-state index is 0.0383. The van der Waals surface area contributed by atoms with Gasteiger partial charge in [-0.1, -0.05) is 12.1 Å². The van der Waals surface area contributed by atoms with E-state index in [9.17, 15) is 19.7 Å². The molecular weight excluding hydrogens is 432 g/mol. The maximum absolute atomic E-state index is 13.3. The number of carbonyl (C=O) groups excluding carboxylic acids is 2. The van der Waals surface area contributed by atoms with Gasteiger partial charge in [0.1, 0.15) is 11.3 Å². The van der Waals surface area contributed by atoms with Gasteiger partial charge in [0.25, 0.3) is 17.5 Å². The Bertz CT molecular complexity index is 1280. The summed E-state index contributed by atoms with van der Waals surface area (Å²) < 4.78 is 7.03. The Labute approximate surface area is 187 Å². The number of anilines is 1. The quantitative estimate of drug-likeness (QED) is 0.211. The molecule has 32 heavy (non-hydrogen) atoms. The summed E-state index contributed by atoms with van der Waals surface area (Å²) in [7, 11) is 1.47. The highest BCUT2D eigenvalue weighted by Gasteiger charge is 2.36. The number of carbonyl (C=O) groups is 2. The van der Waals surface area contributed by atoms with Crippen LogP contribution in [0.1, 0.15) is 5.69 Å². The molecule has 0 unspecified atom stereocenters. The van der Waals surface area contributed by atoms with Gasteiger partial charge in [0.05, 0.1) is 17.7 Å². The number of benzene rings is 2. The smallest absolute Gasteiger partial charge is 0.270 e. The fourth-order valence-corrected chi connectivity index (χ4v) is 3.59. The number of hydrogen-bond donors (Lipinski definition) is 1. The molecule has 4 rings (SSSR count). The van der Waals surface area contributed by atoms with Crippen LogP contribution >= 0.6 is 12.2 Å². The number of methoxy groups -OCH3 is 1. The Kier molecular flexibility index (Phi) is 5.52. The summed E-state index contributed by atoms with van der Waals surface area (Å²) in [6.45, 7) is 0. The normalized spacial score (nSPS) is 15.1. The molecule has 1 aliphatic heterocycles. The van der Waals surface area contributed by atoms with Crippen molar-refractivity contribution in [3.63, 3.8) is 0 Å². The van der Waals surface area contributed by atoms with E-state index in [0.29, 0.717) is 22.8 Å². The third-order valence-electron chi connectivity index (χ3n) is 4.84. The van der Waals surface area contributed by atoms with Crippen molar-refractivity contribution in [3.05, 3.63) is 88.2 Å². The van der Waals surface area contributed by atoms with E-state index in [0.717, 1.165) is 0 Å². The van der Waals surface area contributed by atoms with Gasteiger partial charge in [-0.15, -0.1) is 0 Å². The minimum Gasteiger partial charge on any atom is -0.495 e. The van der Waals surface area contributed by atoms with Gasteiger partial charge in [0, 0.05) is 29.7 Å². The molecule has 0 saturated carbocycles. The molecule has 3 aromatic rings. The SMILES string of the molecule is COc1ccccc1N1C(=O)/C(=C/c2cccn2-c2ccc([N+](=O)[O-])cc2)C(=O)NC1=S. The number of thiocarbonyl (C=S) groups is 1. The second-order valence-corrected chi connectivity index (χ2v) is 7.09. The number of nitro benzene ring substituents is 1. The molecule has 0 bridgehead atoms. The van der Waals surface area contributed by atoms with E-state index < -0.39 is 16.7 Å². The Morgan fingerprint density at radius 2 is 1.78 bits per heavy atom. The van der Waals surface area contributed by atoms with E-state index in [4.69, 9.17) is 17.0 Å². The average Bonchev–Trinajstić information content (AvgIpc) is 3.25. The molecule has 1 saturated heterocycles. The summed E-state index contributed by atoms with van der Waals surface area (Å²) in [6.07, 6.45) is 3.17. The lowest BCUT2D eigenvalue weighted by molar-refractivity contribution is -0.384. The van der Waals surface area contributed by atoms with Gasteiger partial charge in [-0.3, -0.25) is 25.0 Å². The molecule has 9 nitrogen and oxygen atoms in total. The first kappa shape index (κ1) is 20.9. The number of ether oxygens (including phenoxy) is 1. The van der Waals surface area contributed by atoms with Crippen LogP contribution in [0.25, 0.3) is 11.8 Å². The number of para-hydroxylation sites is 2. The van der Waals surface area contributed by atoms with E-state index >= 15 is 0 Å². The number of nitrogens with one attached hydrogen (secondary N) is 1. The molecule has 1 fully saturated rings. The van der Waals surface area contributed by atoms with E-state index in [-0.39, 0.29) is 16.4 Å². The molecule has 10 heteroatoms. The van der Waals surface area contributed by atoms with Gasteiger partial charge < -0.3 is 9.30 Å². The summed E-state index contributed by atoms with van der Waals surface area (Å²) in [6, 6.07) is 16.2. The topological polar surface area (TPSA) is 107 Å². The van der Waals surface area contributed by atoms with Crippen LogP contribution in [0, 0.1) is 10.1 Å². The van der Waals surface area contributed by atoms with Crippen molar-refractivity contribution < 1.29 is 19.2 Å². The third-order valence-corrected chi connectivity index (χ3v) is 5.12. The van der Waals surface area contributed by atoms with Crippen LogP contribution in [0.2, 0.25) is 0 Å². The van der Waals surface area contributed by atoms with Crippen LogP contribution in [0.4, 0.5) is 11.4 Å². The van der Waals surface area contributed by atoms with Crippen LogP contribution in [-0.4, -0.2) is 33.5 Å². The van der Waals surface area contributed by atoms with E-state index in [1.165, 1.54) is 30.2 Å². The van der Waals surface area contributed by atoms with Crippen molar-refractivity contribution in [2.24, 2.45) is 0 Å². The molecule has 0 aliphatic carbocycles. The highest BCUT2D eigenvalue weighted by molar-refractivity contribution is 7.80. The number of amides is 2. The fraction of sp³-hybridized carbons (Fsp3) is 0.0455. The van der Waals surface area contributed by atoms with E-state index in [1.54, 1.807) is 59.3 Å². The molecular formula is C22H16N4O5S. The second-order valence-electron chi connectivity index (χ2n) is 6.71. The van der Waals surface area contributed by atoms with Gasteiger partial charge in [-0.25, -0.2) is 4.90 Å². The molecule has 2 aromatic carbocycles. The summed E-state index contributed by atoms with van der Waals surface area (Å²) in [5.74, 6) is -0.796. The first-order valence-electron chi connectivity index (χ1n) is 9.37. The average molecular weight is 448 g/mol. The van der Waals surface area contributed by atoms with Crippen LogP contribution in [0.15, 0.2) is 72.4 Å². The number of hydrogen-bond acceptors (Lipinski definition) is 6. The van der Waals surface area contributed by atoms with Crippen LogP contribution in [0.5, 0.6) is 5.75 Å². The number of non-ortho nitro benzene ring substituents is 1. The number of nitro groups is 1. The predicted octanol–water partition coefficient (Wildman–Crippen LogP) is 3.23. The third kappa shape index (κ3) is 3.74. The molecule has 0 atom stereocenters. The van der Waals surface area contributed by atoms with Crippen LogP contribution < -0.4 is 15.0 Å². The standard InChI is InChI=1S/C22H16N4O5S/c1-31-19-7-3-2-6-18(19)25-21(28)17(20(27)23-22(25)32)13-16-5-4-12-24(16)14-8-10-15(11-9-14)26(29)30/h2-13H,1H3,(H,23,27,32)/b17-13+. The summed E-state index contributed by atoms with van der Waals surface area (Å²) >= 11 is 5.24. The van der Waals surface area contributed by atoms with E-state index in [2.05, 4.69) is 5.32 Å². The van der Waals surface area contributed by atoms with Crippen molar-refractivity contribution in [2.75, 3.05) is 12.0 Å². The van der Waals surface area contributed by atoms with Crippen LogP contribution in [-0.2, 0) is 9.59 Å². The van der Waals surface area contributed by atoms with Gasteiger partial charge in [-0.05, 0) is 54.7 Å². The predicted molar refractivity (Wildman–Crippen MR) is 122 cm³/mol.